The van der Waals surface area contributed by atoms with Crippen LogP contribution in [-0.4, -0.2) is 33.5 Å². The van der Waals surface area contributed by atoms with E-state index < -0.39 is 11.2 Å². The van der Waals surface area contributed by atoms with Crippen molar-refractivity contribution in [2.24, 2.45) is 11.8 Å². The standard InChI is InChI=1S/C39H38O6/c1-7-38(40)31-11-9-8-10-28(31)34-30-22-32(43-5)36(44-6)23(2)33(30)37-29(35(34)38)20-21-39(45-37,24-12-16-26(41-3)17-13-24)25-14-18-27(42-4)19-15-25/h8-23,33,40H,7H2,1-6H3. The molecule has 1 N–H and O–H groups in total. The van der Waals surface area contributed by atoms with E-state index in [0.717, 1.165) is 67.6 Å². The summed E-state index contributed by atoms with van der Waals surface area (Å²) in [6.07, 6.45) is 6.86. The third-order valence-electron chi connectivity index (χ3n) is 9.93. The molecule has 45 heavy (non-hydrogen) atoms. The van der Waals surface area contributed by atoms with Crippen LogP contribution >= 0.6 is 0 Å². The largest absolute Gasteiger partial charge is 0.497 e. The van der Waals surface area contributed by atoms with Gasteiger partial charge in [0.25, 0.3) is 0 Å². The molecule has 0 saturated heterocycles. The third kappa shape index (κ3) is 4.05. The summed E-state index contributed by atoms with van der Waals surface area (Å²) in [6, 6.07) is 24.2. The van der Waals surface area contributed by atoms with Gasteiger partial charge in [0.05, 0.1) is 34.4 Å². The molecule has 0 saturated carbocycles. The van der Waals surface area contributed by atoms with E-state index in [2.05, 4.69) is 31.2 Å². The zero-order valence-corrected chi connectivity index (χ0v) is 26.5. The van der Waals surface area contributed by atoms with E-state index in [9.17, 15) is 5.11 Å². The molecule has 6 heteroatoms. The number of hydrogen-bond acceptors (Lipinski definition) is 6. The van der Waals surface area contributed by atoms with Gasteiger partial charge in [0.2, 0.25) is 0 Å². The van der Waals surface area contributed by atoms with E-state index in [4.69, 9.17) is 23.7 Å². The highest BCUT2D eigenvalue weighted by Crippen LogP contribution is 2.62. The van der Waals surface area contributed by atoms with Crippen LogP contribution in [-0.2, 0) is 25.4 Å². The van der Waals surface area contributed by atoms with Crippen LogP contribution in [0, 0.1) is 11.8 Å². The molecule has 230 valence electrons. The number of aliphatic hydroxyl groups is 1. The molecule has 0 aromatic heterocycles. The Kier molecular flexibility index (Phi) is 6.93. The Bertz CT molecular complexity index is 1770. The first-order chi connectivity index (χ1) is 21.8. The lowest BCUT2D eigenvalue weighted by atomic mass is 9.67. The van der Waals surface area contributed by atoms with E-state index in [-0.39, 0.29) is 11.8 Å². The van der Waals surface area contributed by atoms with Crippen molar-refractivity contribution in [3.05, 3.63) is 147 Å². The van der Waals surface area contributed by atoms with Gasteiger partial charge in [-0.3, -0.25) is 0 Å². The molecule has 3 unspecified atom stereocenters. The normalized spacial score (nSPS) is 24.2. The van der Waals surface area contributed by atoms with Gasteiger partial charge in [-0.25, -0.2) is 0 Å². The summed E-state index contributed by atoms with van der Waals surface area (Å²) in [5.41, 5.74) is 5.59. The van der Waals surface area contributed by atoms with Crippen molar-refractivity contribution in [1.29, 1.82) is 0 Å². The number of hydrogen-bond donors (Lipinski definition) is 1. The summed E-state index contributed by atoms with van der Waals surface area (Å²) in [5, 5.41) is 12.5. The van der Waals surface area contributed by atoms with Gasteiger partial charge in [0.1, 0.15) is 28.6 Å². The molecule has 0 bridgehead atoms. The van der Waals surface area contributed by atoms with Crippen LogP contribution in [0.3, 0.4) is 0 Å². The van der Waals surface area contributed by atoms with Gasteiger partial charge >= 0.3 is 0 Å². The summed E-state index contributed by atoms with van der Waals surface area (Å²) in [4.78, 5) is 0. The molecular formula is C39H38O6. The molecule has 3 aromatic carbocycles. The van der Waals surface area contributed by atoms with Crippen molar-refractivity contribution < 1.29 is 28.8 Å². The van der Waals surface area contributed by atoms with Gasteiger partial charge in [0, 0.05) is 28.2 Å². The SMILES string of the molecule is CCC1(O)C2=C(C3=CC(OC)=C(OC)C(C)C3C3=C2C=CC(c2ccc(OC)cc2)(c2ccc(OC)cc2)O3)c2ccccc21. The van der Waals surface area contributed by atoms with Crippen LogP contribution in [0.2, 0.25) is 0 Å². The topological polar surface area (TPSA) is 66.4 Å². The van der Waals surface area contributed by atoms with Gasteiger partial charge in [-0.15, -0.1) is 0 Å². The Labute approximate surface area is 264 Å². The van der Waals surface area contributed by atoms with Crippen molar-refractivity contribution in [3.63, 3.8) is 0 Å². The maximum atomic E-state index is 12.5. The fourth-order valence-corrected chi connectivity index (χ4v) is 7.69. The Hall–Kier alpha value is -4.68. The first-order valence-corrected chi connectivity index (χ1v) is 15.4. The number of ether oxygens (including phenoxy) is 5. The fourth-order valence-electron chi connectivity index (χ4n) is 7.69. The second kappa shape index (κ2) is 10.7. The highest BCUT2D eigenvalue weighted by Gasteiger charge is 2.54. The predicted molar refractivity (Wildman–Crippen MR) is 173 cm³/mol. The van der Waals surface area contributed by atoms with Crippen molar-refractivity contribution >= 4 is 5.57 Å². The summed E-state index contributed by atoms with van der Waals surface area (Å²) < 4.78 is 30.3. The fraction of sp³-hybridized carbons (Fsp3) is 0.282. The summed E-state index contributed by atoms with van der Waals surface area (Å²) >= 11 is 0. The Balaban J connectivity index is 1.50. The van der Waals surface area contributed by atoms with Gasteiger partial charge in [0.15, 0.2) is 11.4 Å². The smallest absolute Gasteiger partial charge is 0.177 e. The first kappa shape index (κ1) is 29.1. The molecule has 1 aliphatic heterocycles. The molecule has 7 rings (SSSR count). The minimum Gasteiger partial charge on any atom is -0.497 e. The number of methoxy groups -OCH3 is 4. The van der Waals surface area contributed by atoms with Crippen molar-refractivity contribution in [2.75, 3.05) is 28.4 Å². The monoisotopic (exact) mass is 602 g/mol. The maximum absolute atomic E-state index is 12.5. The van der Waals surface area contributed by atoms with Crippen molar-refractivity contribution in [1.82, 2.24) is 0 Å². The second-order valence-corrected chi connectivity index (χ2v) is 11.9. The van der Waals surface area contributed by atoms with Gasteiger partial charge < -0.3 is 28.8 Å². The van der Waals surface area contributed by atoms with E-state index in [1.54, 1.807) is 28.4 Å². The zero-order valence-electron chi connectivity index (χ0n) is 26.5. The summed E-state index contributed by atoms with van der Waals surface area (Å²) in [5.74, 6) is 3.46. The number of allylic oxidation sites excluding steroid dienone is 5. The average Bonchev–Trinajstić information content (AvgIpc) is 3.37. The van der Waals surface area contributed by atoms with Crippen LogP contribution < -0.4 is 9.47 Å². The molecule has 3 aromatic rings. The van der Waals surface area contributed by atoms with Gasteiger partial charge in [-0.1, -0.05) is 68.5 Å². The lowest BCUT2D eigenvalue weighted by molar-refractivity contribution is 0.0397. The Morgan fingerprint density at radius 3 is 1.98 bits per heavy atom. The van der Waals surface area contributed by atoms with Crippen LogP contribution in [0.4, 0.5) is 0 Å². The van der Waals surface area contributed by atoms with Crippen LogP contribution in [0.25, 0.3) is 5.57 Å². The highest BCUT2D eigenvalue weighted by molar-refractivity contribution is 5.95. The Morgan fingerprint density at radius 2 is 1.42 bits per heavy atom. The molecule has 0 amide bonds. The molecule has 1 heterocycles. The molecule has 3 aliphatic carbocycles. The second-order valence-electron chi connectivity index (χ2n) is 11.9. The van der Waals surface area contributed by atoms with Crippen molar-refractivity contribution in [3.8, 4) is 11.5 Å². The molecular weight excluding hydrogens is 564 g/mol. The molecule has 3 atom stereocenters. The van der Waals surface area contributed by atoms with Crippen LogP contribution in [0.5, 0.6) is 11.5 Å². The molecule has 0 radical (unpaired) electrons. The summed E-state index contributed by atoms with van der Waals surface area (Å²) in [7, 11) is 6.69. The molecule has 0 fully saturated rings. The van der Waals surface area contributed by atoms with Gasteiger partial charge in [-0.2, -0.15) is 0 Å². The maximum Gasteiger partial charge on any atom is 0.177 e. The van der Waals surface area contributed by atoms with Crippen LogP contribution in [0.1, 0.15) is 42.5 Å². The van der Waals surface area contributed by atoms with Crippen LogP contribution in [0.15, 0.2) is 125 Å². The number of benzene rings is 3. The lowest BCUT2D eigenvalue weighted by Crippen LogP contribution is -2.39. The molecule has 0 spiro atoms. The van der Waals surface area contributed by atoms with E-state index in [1.807, 2.05) is 73.7 Å². The third-order valence-corrected chi connectivity index (χ3v) is 9.93. The quantitative estimate of drug-likeness (QED) is 0.301. The number of fused-ring (bicyclic) bond motifs is 6. The predicted octanol–water partition coefficient (Wildman–Crippen LogP) is 7.56. The summed E-state index contributed by atoms with van der Waals surface area (Å²) in [6.45, 7) is 4.19. The molecule has 4 aliphatic rings. The minimum atomic E-state index is -1.19. The highest BCUT2D eigenvalue weighted by atomic mass is 16.5. The zero-order chi connectivity index (χ0) is 31.5. The average molecular weight is 603 g/mol. The Morgan fingerprint density at radius 1 is 0.800 bits per heavy atom. The first-order valence-electron chi connectivity index (χ1n) is 15.4. The van der Waals surface area contributed by atoms with E-state index in [0.29, 0.717) is 12.2 Å². The van der Waals surface area contributed by atoms with Gasteiger partial charge in [-0.05, 0) is 65.1 Å². The number of rotatable bonds is 7. The minimum absolute atomic E-state index is 0.109. The van der Waals surface area contributed by atoms with Crippen molar-refractivity contribution in [2.45, 2.75) is 31.5 Å². The van der Waals surface area contributed by atoms with E-state index in [1.165, 1.54) is 0 Å². The lowest BCUT2D eigenvalue weighted by Gasteiger charge is -2.46. The molecule has 6 nitrogen and oxygen atoms in total. The van der Waals surface area contributed by atoms with E-state index >= 15 is 0 Å².